The summed E-state index contributed by atoms with van der Waals surface area (Å²) < 4.78 is 158. The molecule has 15 nitrogen and oxygen atoms in total. The summed E-state index contributed by atoms with van der Waals surface area (Å²) in [5.74, 6) is -2.91. The Morgan fingerprint density at radius 1 is 0.942 bits per heavy atom. The van der Waals surface area contributed by atoms with Crippen molar-refractivity contribution < 1.29 is 58.2 Å². The fraction of sp³-hybridized carbons (Fsp3) is 0.545. The molecule has 5 aromatic rings. The number of amides is 1. The second-order valence-electron chi connectivity index (χ2n) is 19.4. The molecule has 6 atom stereocenters. The number of aromatic nitrogens is 8. The molecule has 1 aromatic carbocycles. The van der Waals surface area contributed by atoms with Crippen LogP contribution in [0.5, 0.6) is 11.9 Å². The average molecular weight is 979 g/mol. The first-order valence-corrected chi connectivity index (χ1v) is 22.2. The number of ether oxygens (including phenoxy) is 2. The van der Waals surface area contributed by atoms with Crippen molar-refractivity contribution >= 4 is 28.4 Å². The molecule has 5 aliphatic rings. The van der Waals surface area contributed by atoms with Crippen molar-refractivity contribution in [2.45, 2.75) is 108 Å². The van der Waals surface area contributed by atoms with Crippen LogP contribution >= 0.6 is 0 Å². The molecule has 2 N–H and O–H groups in total. The number of hydrogen-bond donors (Lipinski definition) is 1. The number of carbonyl (C=O) groups excluding carboxylic acids is 1. The molecule has 1 amide bonds. The van der Waals surface area contributed by atoms with Crippen molar-refractivity contribution in [2.75, 3.05) is 43.5 Å². The van der Waals surface area contributed by atoms with Gasteiger partial charge in [-0.1, -0.05) is 6.92 Å². The number of nitrogen functional groups attached to an aromatic ring is 1. The molecule has 4 aromatic heterocycles. The molecule has 25 heteroatoms. The quantitative estimate of drug-likeness (QED) is 0.112. The average Bonchev–Trinajstić information content (AvgIpc) is 3.53. The van der Waals surface area contributed by atoms with E-state index in [1.807, 2.05) is 11.8 Å². The normalized spacial score (nSPS) is 26.7. The van der Waals surface area contributed by atoms with E-state index < -0.39 is 104 Å². The van der Waals surface area contributed by atoms with Gasteiger partial charge in [0.25, 0.3) is 0 Å². The van der Waals surface area contributed by atoms with E-state index >= 15 is 8.78 Å². The van der Waals surface area contributed by atoms with E-state index in [2.05, 4.69) is 37.2 Å². The summed E-state index contributed by atoms with van der Waals surface area (Å²) in [5, 5.41) is 10.6. The standard InChI is InChI=1S/C44H44F10N12O3/c1-21-4-6-41(18-64(36(41)40(3)8-9-40)39(67)66-20-57-37(48)62-66)17-63(21)35-27-14-56-33(26-11-28(55)31(46)22(2)30(26)44(52,53)54)32(47)34(27)59-38(60-35)69-19-42-7-5-25(65(42)15-24(45)12-42)16-68-29-10-23(13-58-61-29)43(49,50)51/h10-11,13-14,20-21,24-25,36H,4-9,12,15-19,55H2,1-3H3/t21-,24+,25-,36+,41+,42-/m0/s1. The van der Waals surface area contributed by atoms with Crippen molar-refractivity contribution in [2.24, 2.45) is 10.8 Å². The number of hydrogen-bond acceptors (Lipinski definition) is 13. The minimum absolute atomic E-state index is 0.00681. The molecule has 368 valence electrons. The third kappa shape index (κ3) is 7.96. The Hall–Kier alpha value is -6.14. The second kappa shape index (κ2) is 16.2. The summed E-state index contributed by atoms with van der Waals surface area (Å²) in [6, 6.07) is -0.734. The summed E-state index contributed by atoms with van der Waals surface area (Å²) in [7, 11) is 0. The van der Waals surface area contributed by atoms with E-state index in [1.54, 1.807) is 9.80 Å². The highest BCUT2D eigenvalue weighted by atomic mass is 19.4. The van der Waals surface area contributed by atoms with Gasteiger partial charge in [-0.05, 0) is 69.4 Å². The maximum Gasteiger partial charge on any atom is 0.418 e. The molecule has 1 saturated carbocycles. The molecular formula is C44H44F10N12O3. The summed E-state index contributed by atoms with van der Waals surface area (Å²) >= 11 is 0. The predicted octanol–water partition coefficient (Wildman–Crippen LogP) is 7.95. The lowest BCUT2D eigenvalue weighted by Gasteiger charge is -2.63. The number of rotatable bonds is 9. The van der Waals surface area contributed by atoms with Crippen LogP contribution in [0.1, 0.15) is 75.5 Å². The Labute approximate surface area is 386 Å². The van der Waals surface area contributed by atoms with E-state index in [0.717, 1.165) is 37.0 Å². The van der Waals surface area contributed by atoms with Gasteiger partial charge in [0, 0.05) is 67.4 Å². The van der Waals surface area contributed by atoms with Crippen molar-refractivity contribution in [3.63, 3.8) is 0 Å². The molecule has 8 heterocycles. The van der Waals surface area contributed by atoms with Gasteiger partial charge in [0.05, 0.1) is 33.9 Å². The third-order valence-corrected chi connectivity index (χ3v) is 14.9. The van der Waals surface area contributed by atoms with Crippen LogP contribution in [-0.2, 0) is 12.4 Å². The van der Waals surface area contributed by atoms with Gasteiger partial charge in [-0.15, -0.1) is 10.2 Å². The lowest BCUT2D eigenvalue weighted by Crippen LogP contribution is -2.74. The third-order valence-electron chi connectivity index (χ3n) is 14.9. The fourth-order valence-corrected chi connectivity index (χ4v) is 11.4. The Bertz CT molecular complexity index is 2860. The van der Waals surface area contributed by atoms with Gasteiger partial charge >= 0.3 is 30.5 Å². The van der Waals surface area contributed by atoms with Gasteiger partial charge in [0.2, 0.25) is 5.88 Å². The van der Waals surface area contributed by atoms with Gasteiger partial charge in [0.1, 0.15) is 48.6 Å². The summed E-state index contributed by atoms with van der Waals surface area (Å²) in [6.07, 6.45) is -6.03. The first kappa shape index (κ1) is 46.6. The van der Waals surface area contributed by atoms with Crippen LogP contribution in [0.15, 0.2) is 30.9 Å². The molecule has 10 rings (SSSR count). The van der Waals surface area contributed by atoms with Crippen molar-refractivity contribution in [1.82, 2.24) is 49.7 Å². The zero-order chi connectivity index (χ0) is 49.2. The second-order valence-corrected chi connectivity index (χ2v) is 19.4. The molecule has 4 aliphatic heterocycles. The fourth-order valence-electron chi connectivity index (χ4n) is 11.4. The monoisotopic (exact) mass is 978 g/mol. The van der Waals surface area contributed by atoms with Gasteiger partial charge in [0.15, 0.2) is 5.82 Å². The molecule has 0 unspecified atom stereocenters. The minimum atomic E-state index is -5.17. The molecule has 5 fully saturated rings. The number of benzene rings is 1. The Balaban J connectivity index is 1.02. The number of anilines is 2. The van der Waals surface area contributed by atoms with Crippen LogP contribution in [0.3, 0.4) is 0 Å². The minimum Gasteiger partial charge on any atom is -0.475 e. The molecule has 0 radical (unpaired) electrons. The van der Waals surface area contributed by atoms with Gasteiger partial charge in [-0.25, -0.2) is 18.0 Å². The first-order chi connectivity index (χ1) is 32.5. The highest BCUT2D eigenvalue weighted by Crippen LogP contribution is 2.62. The molecule has 1 spiro atoms. The summed E-state index contributed by atoms with van der Waals surface area (Å²) in [5.41, 5.74) is -2.32. The van der Waals surface area contributed by atoms with Crippen LogP contribution in [-0.4, -0.2) is 118 Å². The topological polar surface area (TPSA) is 166 Å². The predicted molar refractivity (Wildman–Crippen MR) is 224 cm³/mol. The molecule has 0 bridgehead atoms. The number of carbonyl (C=O) groups is 1. The summed E-state index contributed by atoms with van der Waals surface area (Å²) in [6.45, 7) is 4.84. The molecular weight excluding hydrogens is 935 g/mol. The number of fused-ring (bicyclic) bond motifs is 2. The number of piperidine rings is 1. The number of pyridine rings is 1. The number of nitrogens with zero attached hydrogens (tertiary/aromatic N) is 11. The van der Waals surface area contributed by atoms with Crippen LogP contribution in [0, 0.1) is 35.5 Å². The summed E-state index contributed by atoms with van der Waals surface area (Å²) in [4.78, 5) is 35.9. The van der Waals surface area contributed by atoms with Crippen molar-refractivity contribution in [3.8, 4) is 23.1 Å². The van der Waals surface area contributed by atoms with Crippen molar-refractivity contribution in [3.05, 3.63) is 65.3 Å². The van der Waals surface area contributed by atoms with Crippen LogP contribution in [0.25, 0.3) is 22.2 Å². The maximum absolute atomic E-state index is 17.3. The van der Waals surface area contributed by atoms with Crippen LogP contribution in [0.2, 0.25) is 0 Å². The van der Waals surface area contributed by atoms with E-state index in [9.17, 15) is 39.9 Å². The molecule has 4 saturated heterocycles. The highest BCUT2D eigenvalue weighted by molar-refractivity contribution is 5.93. The van der Waals surface area contributed by atoms with Gasteiger partial charge < -0.3 is 25.0 Å². The first-order valence-electron chi connectivity index (χ1n) is 22.2. The molecule has 69 heavy (non-hydrogen) atoms. The SMILES string of the molecule is Cc1c(F)c(N)cc(-c2ncc3c(N4C[C@]5(CC[C@@H]4C)CN(C(=O)n4cnc(F)n4)[C@@H]5C4(C)CC4)nc(OC[C@@]45CC[C@@H](COc6cc(C(F)(F)F)cnn6)N4C[C@H](F)C5)nc3c2F)c1C(F)(F)F. The number of nitrogens with two attached hydrogens (primary N) is 1. The zero-order valence-electron chi connectivity index (χ0n) is 37.2. The lowest BCUT2D eigenvalue weighted by atomic mass is 9.60. The zero-order valence-corrected chi connectivity index (χ0v) is 37.2. The smallest absolute Gasteiger partial charge is 0.418 e. The maximum atomic E-state index is 17.3. The van der Waals surface area contributed by atoms with E-state index in [0.29, 0.717) is 44.0 Å². The molecule has 1 aliphatic carbocycles. The number of likely N-dealkylation sites (tertiary alicyclic amines) is 1. The lowest BCUT2D eigenvalue weighted by molar-refractivity contribution is -0.138. The van der Waals surface area contributed by atoms with Gasteiger partial charge in [-0.2, -0.15) is 55.5 Å². The largest absolute Gasteiger partial charge is 0.475 e. The Morgan fingerprint density at radius 3 is 2.41 bits per heavy atom. The van der Waals surface area contributed by atoms with Crippen LogP contribution in [0.4, 0.5) is 60.2 Å². The van der Waals surface area contributed by atoms with E-state index in [4.69, 9.17) is 20.2 Å². The van der Waals surface area contributed by atoms with Crippen molar-refractivity contribution in [1.29, 1.82) is 0 Å². The number of halogens is 10. The van der Waals surface area contributed by atoms with E-state index in [1.165, 1.54) is 0 Å². The van der Waals surface area contributed by atoms with E-state index in [-0.39, 0.29) is 73.9 Å². The Kier molecular flexibility index (Phi) is 10.9. The van der Waals surface area contributed by atoms with Gasteiger partial charge in [-0.3, -0.25) is 9.88 Å². The number of alkyl halides is 7. The Morgan fingerprint density at radius 2 is 1.71 bits per heavy atom. The highest BCUT2D eigenvalue weighted by Gasteiger charge is 2.66. The van der Waals surface area contributed by atoms with Crippen LogP contribution < -0.4 is 20.1 Å².